The highest BCUT2D eigenvalue weighted by atomic mass is 16.3. The molecular weight excluding hydrogens is 280 g/mol. The number of aliphatic hydroxyl groups is 1. The number of rotatable bonds is 5. The van der Waals surface area contributed by atoms with Gasteiger partial charge in [0.2, 0.25) is 5.91 Å². The fourth-order valence-corrected chi connectivity index (χ4v) is 2.81. The number of hydrogen-bond acceptors (Lipinski definition) is 3. The molecule has 1 aliphatic heterocycles. The van der Waals surface area contributed by atoms with Crippen LogP contribution in [0.3, 0.4) is 0 Å². The van der Waals surface area contributed by atoms with Crippen molar-refractivity contribution in [3.05, 3.63) is 29.8 Å². The molecule has 1 saturated carbocycles. The number of nitrogens with one attached hydrogen (secondary N) is 1. The van der Waals surface area contributed by atoms with E-state index < -0.39 is 0 Å². The lowest BCUT2D eigenvalue weighted by Crippen LogP contribution is -2.35. The van der Waals surface area contributed by atoms with Gasteiger partial charge in [-0.1, -0.05) is 0 Å². The minimum Gasteiger partial charge on any atom is -0.396 e. The van der Waals surface area contributed by atoms with Crippen LogP contribution in [0.15, 0.2) is 24.3 Å². The Kier molecular flexibility index (Phi) is 4.16. The monoisotopic (exact) mass is 302 g/mol. The topological polar surface area (TPSA) is 69.6 Å². The van der Waals surface area contributed by atoms with Gasteiger partial charge in [0, 0.05) is 36.2 Å². The molecule has 0 radical (unpaired) electrons. The molecule has 118 valence electrons. The van der Waals surface area contributed by atoms with Crippen molar-refractivity contribution in [2.75, 3.05) is 24.6 Å². The molecule has 2 aliphatic rings. The Bertz CT molecular complexity index is 564. The molecule has 22 heavy (non-hydrogen) atoms. The quantitative estimate of drug-likeness (QED) is 0.870. The molecule has 0 unspecified atom stereocenters. The largest absolute Gasteiger partial charge is 0.396 e. The summed E-state index contributed by atoms with van der Waals surface area (Å²) in [4.78, 5) is 25.8. The van der Waals surface area contributed by atoms with E-state index in [9.17, 15) is 14.7 Å². The molecule has 1 aromatic carbocycles. The zero-order valence-electron chi connectivity index (χ0n) is 12.7. The number of piperidine rings is 1. The summed E-state index contributed by atoms with van der Waals surface area (Å²) in [5, 5.41) is 12.1. The summed E-state index contributed by atoms with van der Waals surface area (Å²) in [5.74, 6) is 0.0262. The fraction of sp³-hybridized carbons (Fsp3) is 0.529. The Hall–Kier alpha value is -1.88. The third-order valence-electron chi connectivity index (χ3n) is 4.68. The summed E-state index contributed by atoms with van der Waals surface area (Å²) in [5.41, 5.74) is 1.35. The van der Waals surface area contributed by atoms with Crippen LogP contribution in [0.2, 0.25) is 0 Å². The van der Waals surface area contributed by atoms with E-state index in [0.29, 0.717) is 18.5 Å². The molecule has 1 aliphatic carbocycles. The Morgan fingerprint density at radius 3 is 2.55 bits per heavy atom. The maximum atomic E-state index is 12.1. The molecule has 0 aromatic heterocycles. The van der Waals surface area contributed by atoms with Crippen molar-refractivity contribution >= 4 is 17.5 Å². The van der Waals surface area contributed by atoms with Gasteiger partial charge < -0.3 is 15.3 Å². The number of anilines is 1. The van der Waals surface area contributed by atoms with Crippen LogP contribution in [0.1, 0.15) is 42.5 Å². The number of amides is 2. The Balaban J connectivity index is 1.61. The van der Waals surface area contributed by atoms with Crippen molar-refractivity contribution in [3.8, 4) is 0 Å². The van der Waals surface area contributed by atoms with Gasteiger partial charge in [0.15, 0.2) is 0 Å². The lowest BCUT2D eigenvalue weighted by molar-refractivity contribution is -0.119. The lowest BCUT2D eigenvalue weighted by Gasteiger charge is -2.26. The van der Waals surface area contributed by atoms with Crippen LogP contribution in [0.5, 0.6) is 0 Å². The minimum absolute atomic E-state index is 0.0875. The predicted molar refractivity (Wildman–Crippen MR) is 83.7 cm³/mol. The molecule has 0 atom stereocenters. The second-order valence-corrected chi connectivity index (χ2v) is 6.39. The summed E-state index contributed by atoms with van der Waals surface area (Å²) < 4.78 is 0. The zero-order valence-corrected chi connectivity index (χ0v) is 12.7. The maximum absolute atomic E-state index is 12.1. The molecule has 0 bridgehead atoms. The van der Waals surface area contributed by atoms with Crippen LogP contribution in [-0.4, -0.2) is 36.6 Å². The molecule has 1 saturated heterocycles. The highest BCUT2D eigenvalue weighted by molar-refractivity contribution is 5.96. The van der Waals surface area contributed by atoms with Crippen LogP contribution in [0, 0.1) is 5.41 Å². The molecule has 0 spiro atoms. The first-order chi connectivity index (χ1) is 10.6. The molecular formula is C17H22N2O3. The van der Waals surface area contributed by atoms with Crippen molar-refractivity contribution in [2.24, 2.45) is 5.41 Å². The van der Waals surface area contributed by atoms with Crippen LogP contribution >= 0.6 is 0 Å². The van der Waals surface area contributed by atoms with Crippen LogP contribution in [0.25, 0.3) is 0 Å². The summed E-state index contributed by atoms with van der Waals surface area (Å²) in [7, 11) is 0. The summed E-state index contributed by atoms with van der Waals surface area (Å²) in [6.07, 6.45) is 4.53. The van der Waals surface area contributed by atoms with Gasteiger partial charge >= 0.3 is 0 Å². The van der Waals surface area contributed by atoms with Gasteiger partial charge in [-0.2, -0.15) is 0 Å². The van der Waals surface area contributed by atoms with Gasteiger partial charge in [-0.3, -0.25) is 9.59 Å². The number of hydrogen-bond donors (Lipinski definition) is 2. The van der Waals surface area contributed by atoms with E-state index in [2.05, 4.69) is 5.32 Å². The van der Waals surface area contributed by atoms with Crippen LogP contribution in [-0.2, 0) is 4.79 Å². The molecule has 5 heteroatoms. The molecule has 2 amide bonds. The van der Waals surface area contributed by atoms with Gasteiger partial charge in [-0.05, 0) is 49.9 Å². The molecule has 3 rings (SSSR count). The number of aliphatic hydroxyl groups excluding tert-OH is 1. The second kappa shape index (κ2) is 6.08. The third kappa shape index (κ3) is 3.14. The number of carbonyl (C=O) groups excluding carboxylic acids is 2. The summed E-state index contributed by atoms with van der Waals surface area (Å²) in [6, 6.07) is 7.17. The van der Waals surface area contributed by atoms with E-state index in [0.717, 1.165) is 37.9 Å². The molecule has 2 fully saturated rings. The molecule has 2 N–H and O–H groups in total. The first-order valence-electron chi connectivity index (χ1n) is 7.93. The van der Waals surface area contributed by atoms with Gasteiger partial charge in [0.25, 0.3) is 5.91 Å². The Morgan fingerprint density at radius 1 is 1.23 bits per heavy atom. The molecule has 1 heterocycles. The van der Waals surface area contributed by atoms with Crippen molar-refractivity contribution in [2.45, 2.75) is 32.1 Å². The molecule has 5 nitrogen and oxygen atoms in total. The van der Waals surface area contributed by atoms with Crippen LogP contribution < -0.4 is 10.2 Å². The van der Waals surface area contributed by atoms with E-state index in [4.69, 9.17) is 0 Å². The predicted octanol–water partition coefficient (Wildman–Crippen LogP) is 1.71. The maximum Gasteiger partial charge on any atom is 0.251 e. The van der Waals surface area contributed by atoms with Crippen molar-refractivity contribution in [1.82, 2.24) is 5.32 Å². The van der Waals surface area contributed by atoms with Crippen molar-refractivity contribution < 1.29 is 14.7 Å². The van der Waals surface area contributed by atoms with E-state index in [-0.39, 0.29) is 23.8 Å². The van der Waals surface area contributed by atoms with E-state index in [1.807, 2.05) is 12.1 Å². The highest BCUT2D eigenvalue weighted by Gasteiger charge is 2.42. The number of nitrogens with zero attached hydrogens (tertiary/aromatic N) is 1. The first-order valence-corrected chi connectivity index (χ1v) is 7.93. The Morgan fingerprint density at radius 2 is 1.95 bits per heavy atom. The van der Waals surface area contributed by atoms with Gasteiger partial charge in [0.05, 0.1) is 6.61 Å². The number of benzene rings is 1. The smallest absolute Gasteiger partial charge is 0.251 e. The summed E-state index contributed by atoms with van der Waals surface area (Å²) in [6.45, 7) is 1.40. The zero-order chi connectivity index (χ0) is 15.6. The lowest BCUT2D eigenvalue weighted by atomic mass is 10.1. The van der Waals surface area contributed by atoms with E-state index in [1.54, 1.807) is 17.0 Å². The first kappa shape index (κ1) is 15.0. The SMILES string of the molecule is O=C(NCC1(CO)CC1)c1ccc(N2CCCCC2=O)cc1. The molecule has 1 aromatic rings. The third-order valence-corrected chi connectivity index (χ3v) is 4.68. The second-order valence-electron chi connectivity index (χ2n) is 6.39. The standard InChI is InChI=1S/C17H22N2O3/c20-12-17(8-9-17)11-18-16(22)13-4-6-14(7-5-13)19-10-2-1-3-15(19)21/h4-7,20H,1-3,8-12H2,(H,18,22). The van der Waals surface area contributed by atoms with Gasteiger partial charge in [0.1, 0.15) is 0 Å². The Labute approximate surface area is 130 Å². The summed E-state index contributed by atoms with van der Waals surface area (Å²) >= 11 is 0. The van der Waals surface area contributed by atoms with E-state index in [1.165, 1.54) is 0 Å². The van der Waals surface area contributed by atoms with Crippen molar-refractivity contribution in [3.63, 3.8) is 0 Å². The van der Waals surface area contributed by atoms with Crippen molar-refractivity contribution in [1.29, 1.82) is 0 Å². The normalized spacial score (nSPS) is 19.9. The number of carbonyl (C=O) groups is 2. The fourth-order valence-electron chi connectivity index (χ4n) is 2.81. The van der Waals surface area contributed by atoms with Gasteiger partial charge in [-0.25, -0.2) is 0 Å². The van der Waals surface area contributed by atoms with Gasteiger partial charge in [-0.15, -0.1) is 0 Å². The average molecular weight is 302 g/mol. The highest BCUT2D eigenvalue weighted by Crippen LogP contribution is 2.44. The van der Waals surface area contributed by atoms with E-state index >= 15 is 0 Å². The minimum atomic E-state index is -0.128. The average Bonchev–Trinajstić information content (AvgIpc) is 3.34. The van der Waals surface area contributed by atoms with Crippen LogP contribution in [0.4, 0.5) is 5.69 Å².